The number of carbonyl (C=O) groups is 1. The van der Waals surface area contributed by atoms with Crippen molar-refractivity contribution in [3.05, 3.63) is 62.1 Å². The molecule has 2 nitrogen and oxygen atoms in total. The van der Waals surface area contributed by atoms with Gasteiger partial charge >= 0.3 is 0 Å². The van der Waals surface area contributed by atoms with Gasteiger partial charge in [-0.1, -0.05) is 33.6 Å². The molecule has 0 N–H and O–H groups in total. The van der Waals surface area contributed by atoms with E-state index in [2.05, 4.69) is 15.9 Å². The van der Waals surface area contributed by atoms with E-state index in [4.69, 9.17) is 16.3 Å². The van der Waals surface area contributed by atoms with E-state index < -0.39 is 0 Å². The molecule has 0 atom stereocenters. The largest absolute Gasteiger partial charge is 0.492 e. The molecular weight excluding hydrogens is 340 g/mol. The van der Waals surface area contributed by atoms with E-state index in [9.17, 15) is 4.79 Å². The first-order chi connectivity index (χ1) is 9.56. The number of hydrogen-bond acceptors (Lipinski definition) is 2. The van der Waals surface area contributed by atoms with Gasteiger partial charge in [0.25, 0.3) is 0 Å². The normalized spacial score (nSPS) is 12.9. The third-order valence-electron chi connectivity index (χ3n) is 3.44. The van der Waals surface area contributed by atoms with Crippen LogP contribution in [0.25, 0.3) is 0 Å². The molecule has 0 bridgehead atoms. The smallest absolute Gasteiger partial charge is 0.197 e. The second kappa shape index (κ2) is 5.23. The molecular formula is C16H12BrClO2. The number of hydrogen-bond donors (Lipinski definition) is 0. The van der Waals surface area contributed by atoms with Crippen LogP contribution in [0.3, 0.4) is 0 Å². The highest BCUT2D eigenvalue weighted by atomic mass is 79.9. The van der Waals surface area contributed by atoms with Gasteiger partial charge in [0, 0.05) is 21.5 Å². The summed E-state index contributed by atoms with van der Waals surface area (Å²) in [5.41, 5.74) is 3.16. The first-order valence-electron chi connectivity index (χ1n) is 6.32. The highest BCUT2D eigenvalue weighted by Gasteiger charge is 2.23. The van der Waals surface area contributed by atoms with Crippen LogP contribution < -0.4 is 4.74 Å². The fourth-order valence-corrected chi connectivity index (χ4v) is 3.02. The molecule has 4 heteroatoms. The predicted molar refractivity (Wildman–Crippen MR) is 83.0 cm³/mol. The van der Waals surface area contributed by atoms with Crippen molar-refractivity contribution in [2.24, 2.45) is 0 Å². The lowest BCUT2D eigenvalue weighted by Gasteiger charge is -2.10. The summed E-state index contributed by atoms with van der Waals surface area (Å²) in [6.07, 6.45) is 0.799. The fourth-order valence-electron chi connectivity index (χ4n) is 2.42. The number of ether oxygens (including phenoxy) is 1. The molecule has 0 unspecified atom stereocenters. The summed E-state index contributed by atoms with van der Waals surface area (Å²) in [6, 6.07) is 9.23. The Morgan fingerprint density at radius 2 is 2.05 bits per heavy atom. The Bertz CT molecular complexity index is 710. The van der Waals surface area contributed by atoms with Crippen LogP contribution in [0.2, 0.25) is 5.02 Å². The van der Waals surface area contributed by atoms with Gasteiger partial charge in [-0.25, -0.2) is 0 Å². The van der Waals surface area contributed by atoms with Crippen molar-refractivity contribution >= 4 is 33.3 Å². The molecule has 0 aromatic heterocycles. The fraction of sp³-hybridized carbons (Fsp3) is 0.188. The van der Waals surface area contributed by atoms with Crippen LogP contribution in [0.5, 0.6) is 5.75 Å². The summed E-state index contributed by atoms with van der Waals surface area (Å²) in [7, 11) is 0. The Morgan fingerprint density at radius 3 is 2.85 bits per heavy atom. The van der Waals surface area contributed by atoms with Gasteiger partial charge in [-0.15, -0.1) is 0 Å². The lowest BCUT2D eigenvalue weighted by Crippen LogP contribution is -2.06. The van der Waals surface area contributed by atoms with E-state index in [1.165, 1.54) is 0 Å². The van der Waals surface area contributed by atoms with E-state index in [0.29, 0.717) is 28.5 Å². The molecule has 0 aliphatic carbocycles. The molecule has 0 amide bonds. The zero-order valence-electron chi connectivity index (χ0n) is 10.9. The van der Waals surface area contributed by atoms with Crippen molar-refractivity contribution in [3.8, 4) is 5.75 Å². The van der Waals surface area contributed by atoms with Crippen LogP contribution in [0.4, 0.5) is 0 Å². The van der Waals surface area contributed by atoms with Crippen molar-refractivity contribution in [2.75, 3.05) is 6.61 Å². The van der Waals surface area contributed by atoms with Crippen molar-refractivity contribution in [1.82, 2.24) is 0 Å². The summed E-state index contributed by atoms with van der Waals surface area (Å²) in [4.78, 5) is 12.8. The number of benzene rings is 2. The summed E-state index contributed by atoms with van der Waals surface area (Å²) in [5, 5.41) is 0.574. The topological polar surface area (TPSA) is 26.3 Å². The Morgan fingerprint density at radius 1 is 1.25 bits per heavy atom. The van der Waals surface area contributed by atoms with E-state index in [-0.39, 0.29) is 5.78 Å². The minimum Gasteiger partial charge on any atom is -0.492 e. The monoisotopic (exact) mass is 350 g/mol. The minimum atomic E-state index is -0.0514. The zero-order chi connectivity index (χ0) is 14.3. The third kappa shape index (κ3) is 2.36. The first kappa shape index (κ1) is 13.7. The van der Waals surface area contributed by atoms with Crippen molar-refractivity contribution in [2.45, 2.75) is 13.3 Å². The van der Waals surface area contributed by atoms with Gasteiger partial charge in [-0.3, -0.25) is 4.79 Å². The SMILES string of the molecule is Cc1ccc(Br)cc1C(=O)c1cc(Cl)cc2c1OCC2. The molecule has 20 heavy (non-hydrogen) atoms. The standard InChI is InChI=1S/C16H12BrClO2/c1-9-2-3-11(17)7-13(9)15(19)14-8-12(18)6-10-4-5-20-16(10)14/h2-3,6-8H,4-5H2,1H3. The molecule has 1 aliphatic rings. The second-order valence-corrected chi connectivity index (χ2v) is 6.18. The van der Waals surface area contributed by atoms with Crippen LogP contribution in [0, 0.1) is 6.92 Å². The molecule has 1 aliphatic heterocycles. The van der Waals surface area contributed by atoms with Crippen molar-refractivity contribution < 1.29 is 9.53 Å². The average Bonchev–Trinajstić information content (AvgIpc) is 2.87. The number of carbonyl (C=O) groups excluding carboxylic acids is 1. The van der Waals surface area contributed by atoms with Crippen LogP contribution in [0.15, 0.2) is 34.8 Å². The van der Waals surface area contributed by atoms with Gasteiger partial charge < -0.3 is 4.74 Å². The molecule has 0 spiro atoms. The third-order valence-corrected chi connectivity index (χ3v) is 4.15. The van der Waals surface area contributed by atoms with Gasteiger partial charge in [0.05, 0.1) is 12.2 Å². The summed E-state index contributed by atoms with van der Waals surface area (Å²) in [6.45, 7) is 2.53. The Kier molecular flexibility index (Phi) is 3.57. The van der Waals surface area contributed by atoms with Crippen LogP contribution in [0.1, 0.15) is 27.0 Å². The lowest BCUT2D eigenvalue weighted by molar-refractivity contribution is 0.103. The van der Waals surface area contributed by atoms with E-state index in [0.717, 1.165) is 22.0 Å². The molecule has 0 saturated carbocycles. The van der Waals surface area contributed by atoms with Crippen LogP contribution in [-0.4, -0.2) is 12.4 Å². The molecule has 2 aromatic rings. The molecule has 0 saturated heterocycles. The summed E-state index contributed by atoms with van der Waals surface area (Å²) < 4.78 is 6.49. The van der Waals surface area contributed by atoms with E-state index in [1.54, 1.807) is 6.07 Å². The molecule has 1 heterocycles. The maximum atomic E-state index is 12.8. The molecule has 3 rings (SSSR count). The average molecular weight is 352 g/mol. The molecule has 102 valence electrons. The summed E-state index contributed by atoms with van der Waals surface area (Å²) >= 11 is 9.52. The number of rotatable bonds is 2. The van der Waals surface area contributed by atoms with E-state index >= 15 is 0 Å². The van der Waals surface area contributed by atoms with Gasteiger partial charge in [-0.05, 0) is 42.3 Å². The van der Waals surface area contributed by atoms with Gasteiger partial charge in [-0.2, -0.15) is 0 Å². The van der Waals surface area contributed by atoms with Gasteiger partial charge in [0.1, 0.15) is 5.75 Å². The minimum absolute atomic E-state index is 0.0514. The first-order valence-corrected chi connectivity index (χ1v) is 7.49. The van der Waals surface area contributed by atoms with Gasteiger partial charge in [0.15, 0.2) is 5.78 Å². The molecule has 2 aromatic carbocycles. The highest BCUT2D eigenvalue weighted by molar-refractivity contribution is 9.10. The second-order valence-electron chi connectivity index (χ2n) is 4.83. The van der Waals surface area contributed by atoms with Gasteiger partial charge in [0.2, 0.25) is 0 Å². The molecule has 0 radical (unpaired) electrons. The Hall–Kier alpha value is -1.32. The Labute approximate surface area is 130 Å². The number of halogens is 2. The lowest BCUT2D eigenvalue weighted by atomic mass is 9.97. The van der Waals surface area contributed by atoms with Crippen molar-refractivity contribution in [1.29, 1.82) is 0 Å². The quantitative estimate of drug-likeness (QED) is 0.741. The maximum absolute atomic E-state index is 12.8. The zero-order valence-corrected chi connectivity index (χ0v) is 13.2. The Balaban J connectivity index is 2.14. The maximum Gasteiger partial charge on any atom is 0.197 e. The summed E-state index contributed by atoms with van der Waals surface area (Å²) in [5.74, 6) is 0.628. The highest BCUT2D eigenvalue weighted by Crippen LogP contribution is 2.34. The van der Waals surface area contributed by atoms with Crippen LogP contribution >= 0.6 is 27.5 Å². The number of aryl methyl sites for hydroxylation is 1. The number of fused-ring (bicyclic) bond motifs is 1. The van der Waals surface area contributed by atoms with Crippen molar-refractivity contribution in [3.63, 3.8) is 0 Å². The molecule has 0 fully saturated rings. The van der Waals surface area contributed by atoms with E-state index in [1.807, 2.05) is 31.2 Å². The van der Waals surface area contributed by atoms with Crippen LogP contribution in [-0.2, 0) is 6.42 Å². The number of ketones is 1. The predicted octanol–water partition coefficient (Wildman–Crippen LogP) is 4.58.